The number of ketones is 1. The van der Waals surface area contributed by atoms with Crippen LogP contribution in [-0.2, 0) is 14.6 Å². The number of carbonyl (C=O) groups is 1. The van der Waals surface area contributed by atoms with Crippen molar-refractivity contribution in [2.75, 3.05) is 5.75 Å². The van der Waals surface area contributed by atoms with Crippen LogP contribution < -0.4 is 0 Å². The summed E-state index contributed by atoms with van der Waals surface area (Å²) in [6.07, 6.45) is 3.50. The Morgan fingerprint density at radius 3 is 2.13 bits per heavy atom. The molecule has 4 nitrogen and oxygen atoms in total. The summed E-state index contributed by atoms with van der Waals surface area (Å²) in [5, 5.41) is 11.3. The van der Waals surface area contributed by atoms with Gasteiger partial charge in [-0.25, -0.2) is 8.42 Å². The molecule has 10 heteroatoms. The molecule has 7 atom stereocenters. The number of benzene rings is 1. The number of aliphatic hydroxyl groups is 1. The number of sulfone groups is 1. The van der Waals surface area contributed by atoms with Crippen molar-refractivity contribution >= 4 is 15.6 Å². The molecule has 0 aromatic heterocycles. The highest BCUT2D eigenvalue weighted by Crippen LogP contribution is 2.72. The van der Waals surface area contributed by atoms with Gasteiger partial charge in [0.15, 0.2) is 15.6 Å². The Kier molecular flexibility index (Phi) is 9.70. The van der Waals surface area contributed by atoms with Crippen molar-refractivity contribution in [1.29, 1.82) is 0 Å². The molecule has 46 heavy (non-hydrogen) atoms. The van der Waals surface area contributed by atoms with Crippen LogP contribution in [0.5, 0.6) is 0 Å². The van der Waals surface area contributed by atoms with E-state index >= 15 is 8.78 Å². The number of fused-ring (bicyclic) bond motifs is 5. The molecule has 4 aliphatic carbocycles. The zero-order chi connectivity index (χ0) is 33.8. The molecule has 2 unspecified atom stereocenters. The first-order valence-corrected chi connectivity index (χ1v) is 18.7. The summed E-state index contributed by atoms with van der Waals surface area (Å²) in [5.41, 5.74) is -2.90. The maximum Gasteiger partial charge on any atom is 0.456 e. The van der Waals surface area contributed by atoms with Crippen LogP contribution in [0.25, 0.3) is 0 Å². The highest BCUT2D eigenvalue weighted by atomic mass is 32.2. The first kappa shape index (κ1) is 35.5. The number of rotatable bonds is 11. The van der Waals surface area contributed by atoms with Gasteiger partial charge in [0.25, 0.3) is 0 Å². The van der Waals surface area contributed by atoms with Crippen LogP contribution in [-0.4, -0.2) is 42.8 Å². The van der Waals surface area contributed by atoms with Gasteiger partial charge in [-0.2, -0.15) is 22.0 Å². The molecule has 0 saturated heterocycles. The van der Waals surface area contributed by atoms with Gasteiger partial charge >= 0.3 is 12.1 Å². The van der Waals surface area contributed by atoms with E-state index in [1.165, 1.54) is 6.92 Å². The quantitative estimate of drug-likeness (QED) is 0.188. The van der Waals surface area contributed by atoms with Gasteiger partial charge in [-0.3, -0.25) is 4.79 Å². The summed E-state index contributed by atoms with van der Waals surface area (Å²) in [6, 6.07) is 6.88. The largest absolute Gasteiger partial charge is 0.456 e. The Hall–Kier alpha value is -1.81. The van der Waals surface area contributed by atoms with Gasteiger partial charge in [-0.1, -0.05) is 69.2 Å². The van der Waals surface area contributed by atoms with E-state index in [1.807, 2.05) is 6.92 Å². The number of allylic oxidation sites excluding steroid dienone is 1. The Labute approximate surface area is 270 Å². The number of unbranched alkanes of at least 4 members (excludes halogenated alkanes) is 5. The molecular formula is C36H49F5O4S. The van der Waals surface area contributed by atoms with Crippen molar-refractivity contribution in [3.63, 3.8) is 0 Å². The third kappa shape index (κ3) is 6.00. The van der Waals surface area contributed by atoms with Gasteiger partial charge in [0.1, 0.15) is 5.60 Å². The standard InChI is InChI=1S/C36H49F5O4S/c1-24-11-13-28(14-12-24)46(44,45)21-9-7-5-4-6-8-10-25-22-26-23-27(42)15-18-32(26,2)29-16-19-33(3)30(31(25)29)17-20-34(33,43)35(37,38)36(39,40)41/h11-14,23,25,29-31,43H,4-10,15-22H2,1-3H3/t25?,29-,30+,31-,32+,33+,34?/m1/s1. The number of hydrogen-bond donors (Lipinski definition) is 1. The predicted octanol–water partition coefficient (Wildman–Crippen LogP) is 9.19. The molecule has 1 aromatic rings. The monoisotopic (exact) mass is 672 g/mol. The van der Waals surface area contributed by atoms with E-state index in [2.05, 4.69) is 6.92 Å². The first-order valence-electron chi connectivity index (χ1n) is 17.1. The third-order valence-corrected chi connectivity index (χ3v) is 14.6. The minimum absolute atomic E-state index is 0.0429. The van der Waals surface area contributed by atoms with Crippen molar-refractivity contribution in [1.82, 2.24) is 0 Å². The molecule has 1 aromatic carbocycles. The third-order valence-electron chi connectivity index (χ3n) is 12.8. The summed E-state index contributed by atoms with van der Waals surface area (Å²) >= 11 is 0. The summed E-state index contributed by atoms with van der Waals surface area (Å²) in [7, 11) is -3.31. The lowest BCUT2D eigenvalue weighted by Crippen LogP contribution is -2.66. The highest BCUT2D eigenvalue weighted by molar-refractivity contribution is 7.91. The molecule has 1 N–H and O–H groups in total. The molecule has 3 fully saturated rings. The number of halogens is 5. The number of alkyl halides is 5. The normalized spacial score (nSPS) is 34.9. The zero-order valence-corrected chi connectivity index (χ0v) is 28.1. The smallest absolute Gasteiger partial charge is 0.383 e. The van der Waals surface area contributed by atoms with E-state index in [1.54, 1.807) is 30.3 Å². The Morgan fingerprint density at radius 2 is 1.48 bits per heavy atom. The van der Waals surface area contributed by atoms with E-state index in [9.17, 15) is 31.5 Å². The van der Waals surface area contributed by atoms with E-state index in [4.69, 9.17) is 0 Å². The molecule has 4 aliphatic rings. The molecule has 0 heterocycles. The van der Waals surface area contributed by atoms with Crippen LogP contribution in [0.15, 0.2) is 40.8 Å². The number of hydrogen-bond acceptors (Lipinski definition) is 4. The second-order valence-electron chi connectivity index (χ2n) is 15.3. The average Bonchev–Trinajstić information content (AvgIpc) is 3.26. The minimum Gasteiger partial charge on any atom is -0.383 e. The maximum absolute atomic E-state index is 15.0. The fraction of sp³-hybridized carbons (Fsp3) is 0.750. The predicted molar refractivity (Wildman–Crippen MR) is 167 cm³/mol. The van der Waals surface area contributed by atoms with Crippen LogP contribution in [0.4, 0.5) is 22.0 Å². The van der Waals surface area contributed by atoms with E-state index in [0.717, 1.165) is 49.7 Å². The average molecular weight is 673 g/mol. The Morgan fingerprint density at radius 1 is 0.870 bits per heavy atom. The topological polar surface area (TPSA) is 71.4 Å². The summed E-state index contributed by atoms with van der Waals surface area (Å²) < 4.78 is 96.3. The summed E-state index contributed by atoms with van der Waals surface area (Å²) in [6.45, 7) is 5.52. The molecule has 0 spiro atoms. The Bertz CT molecular complexity index is 1420. The Balaban J connectivity index is 1.23. The lowest BCUT2D eigenvalue weighted by molar-refractivity contribution is -0.364. The van der Waals surface area contributed by atoms with Gasteiger partial charge in [0.2, 0.25) is 0 Å². The van der Waals surface area contributed by atoms with Gasteiger partial charge in [0.05, 0.1) is 10.6 Å². The number of carbonyl (C=O) groups excluding carboxylic acids is 1. The lowest BCUT2D eigenvalue weighted by atomic mass is 9.43. The van der Waals surface area contributed by atoms with Gasteiger partial charge < -0.3 is 5.11 Å². The molecule has 3 saturated carbocycles. The minimum atomic E-state index is -5.83. The lowest BCUT2D eigenvalue weighted by Gasteiger charge is -2.62. The molecular weight excluding hydrogens is 623 g/mol. The van der Waals surface area contributed by atoms with Crippen LogP contribution in [0.3, 0.4) is 0 Å². The van der Waals surface area contributed by atoms with Gasteiger partial charge in [-0.15, -0.1) is 0 Å². The number of aryl methyl sites for hydroxylation is 1. The molecule has 5 rings (SSSR count). The van der Waals surface area contributed by atoms with Crippen molar-refractivity contribution in [2.24, 2.45) is 34.5 Å². The first-order chi connectivity index (χ1) is 21.4. The van der Waals surface area contributed by atoms with Crippen molar-refractivity contribution in [3.05, 3.63) is 41.5 Å². The van der Waals surface area contributed by atoms with Crippen molar-refractivity contribution in [3.8, 4) is 0 Å². The second-order valence-corrected chi connectivity index (χ2v) is 17.4. The second kappa shape index (κ2) is 12.6. The molecule has 0 radical (unpaired) electrons. The SMILES string of the molecule is Cc1ccc(S(=O)(=O)CCCCCCCCC2CC3=CC(=O)CC[C@]3(C)[C@@H]3CC[C@@]4(C)[C@@H](CCC4(O)C(F)(F)C(F)(F)F)[C@H]23)cc1. The van der Waals surface area contributed by atoms with Crippen molar-refractivity contribution in [2.45, 2.75) is 133 Å². The summed E-state index contributed by atoms with van der Waals surface area (Å²) in [5.74, 6) is -5.45. The van der Waals surface area contributed by atoms with Crippen LogP contribution >= 0.6 is 0 Å². The molecule has 0 amide bonds. The fourth-order valence-electron chi connectivity index (χ4n) is 10.0. The molecule has 0 bridgehead atoms. The maximum atomic E-state index is 15.0. The highest BCUT2D eigenvalue weighted by Gasteiger charge is 2.79. The molecule has 0 aliphatic heterocycles. The fourth-order valence-corrected chi connectivity index (χ4v) is 11.4. The van der Waals surface area contributed by atoms with E-state index < -0.39 is 45.3 Å². The molecule has 258 valence electrons. The summed E-state index contributed by atoms with van der Waals surface area (Å²) in [4.78, 5) is 12.8. The van der Waals surface area contributed by atoms with Crippen LogP contribution in [0.2, 0.25) is 0 Å². The van der Waals surface area contributed by atoms with Crippen LogP contribution in [0.1, 0.15) is 109 Å². The van der Waals surface area contributed by atoms with Gasteiger partial charge in [-0.05, 0) is 106 Å². The van der Waals surface area contributed by atoms with Gasteiger partial charge in [0, 0.05) is 11.8 Å². The van der Waals surface area contributed by atoms with E-state index in [0.29, 0.717) is 37.0 Å². The van der Waals surface area contributed by atoms with Crippen molar-refractivity contribution < 1.29 is 40.3 Å². The van der Waals surface area contributed by atoms with Crippen LogP contribution in [0, 0.1) is 41.4 Å². The zero-order valence-electron chi connectivity index (χ0n) is 27.3. The van der Waals surface area contributed by atoms with E-state index in [-0.39, 0.29) is 47.5 Å².